The smallest absolute Gasteiger partial charge is 0.247 e. The van der Waals surface area contributed by atoms with E-state index in [9.17, 15) is 4.79 Å². The molecule has 1 aliphatic rings. The molecule has 3 aromatic carbocycles. The lowest BCUT2D eigenvalue weighted by atomic mass is 10.2. The number of aryl methyl sites for hydroxylation is 1. The number of para-hydroxylation sites is 2. The van der Waals surface area contributed by atoms with Gasteiger partial charge in [-0.05, 0) is 62.0 Å². The lowest BCUT2D eigenvalue weighted by Crippen LogP contribution is -2.44. The van der Waals surface area contributed by atoms with Gasteiger partial charge in [-0.3, -0.25) is 4.79 Å². The summed E-state index contributed by atoms with van der Waals surface area (Å²) in [5.41, 5.74) is 5.54. The van der Waals surface area contributed by atoms with E-state index in [0.717, 1.165) is 37.4 Å². The second kappa shape index (κ2) is 13.0. The number of anilines is 6. The normalized spacial score (nSPS) is 13.4. The molecule has 1 saturated heterocycles. The van der Waals surface area contributed by atoms with Gasteiger partial charge in [0.05, 0.1) is 17.6 Å². The predicted octanol–water partition coefficient (Wildman–Crippen LogP) is 5.73. The van der Waals surface area contributed by atoms with Crippen molar-refractivity contribution in [1.82, 2.24) is 14.9 Å². The lowest BCUT2D eigenvalue weighted by molar-refractivity contribution is -0.111. The molecule has 9 heteroatoms. The molecule has 0 bridgehead atoms. The predicted molar refractivity (Wildman–Crippen MR) is 166 cm³/mol. The Hall–Kier alpha value is -4.89. The maximum Gasteiger partial charge on any atom is 0.247 e. The first kappa shape index (κ1) is 27.7. The van der Waals surface area contributed by atoms with Crippen LogP contribution < -0.4 is 25.6 Å². The number of amides is 1. The maximum absolute atomic E-state index is 12.0. The van der Waals surface area contributed by atoms with Gasteiger partial charge in [-0.2, -0.15) is 4.98 Å². The molecule has 0 aliphatic carbocycles. The number of rotatable bonds is 10. The Bertz CT molecular complexity index is 1480. The molecule has 2 heterocycles. The van der Waals surface area contributed by atoms with Crippen LogP contribution in [0.4, 0.5) is 34.5 Å². The van der Waals surface area contributed by atoms with Crippen molar-refractivity contribution in [3.63, 3.8) is 0 Å². The van der Waals surface area contributed by atoms with Crippen LogP contribution in [-0.4, -0.2) is 54.0 Å². The van der Waals surface area contributed by atoms with Crippen molar-refractivity contribution in [2.24, 2.45) is 0 Å². The van der Waals surface area contributed by atoms with Crippen molar-refractivity contribution in [1.29, 1.82) is 0 Å². The van der Waals surface area contributed by atoms with Gasteiger partial charge in [0.2, 0.25) is 11.9 Å². The Labute approximate surface area is 240 Å². The molecule has 0 spiro atoms. The van der Waals surface area contributed by atoms with Crippen LogP contribution in [0.15, 0.2) is 91.6 Å². The number of likely N-dealkylation sites (N-methyl/N-ethyl adjacent to an activating group) is 1. The van der Waals surface area contributed by atoms with Crippen molar-refractivity contribution < 1.29 is 9.53 Å². The van der Waals surface area contributed by atoms with Gasteiger partial charge in [-0.25, -0.2) is 4.98 Å². The molecule has 3 N–H and O–H groups in total. The number of aromatic nitrogens is 2. The van der Waals surface area contributed by atoms with E-state index in [1.807, 2.05) is 42.5 Å². The quantitative estimate of drug-likeness (QED) is 0.216. The number of nitrogens with zero attached hydrogens (tertiary/aromatic N) is 4. The Kier molecular flexibility index (Phi) is 8.76. The minimum atomic E-state index is -0.305. The zero-order valence-corrected chi connectivity index (χ0v) is 23.4. The minimum Gasteiger partial charge on any atom is -0.483 e. The second-order valence-electron chi connectivity index (χ2n) is 10.0. The van der Waals surface area contributed by atoms with Crippen LogP contribution in [-0.2, 0) is 11.4 Å². The van der Waals surface area contributed by atoms with Crippen LogP contribution in [0.1, 0.15) is 11.1 Å². The first-order valence-electron chi connectivity index (χ1n) is 13.6. The zero-order valence-electron chi connectivity index (χ0n) is 23.4. The van der Waals surface area contributed by atoms with Crippen molar-refractivity contribution in [2.45, 2.75) is 13.5 Å². The third-order valence-corrected chi connectivity index (χ3v) is 6.89. The highest BCUT2D eigenvalue weighted by Gasteiger charge is 2.15. The molecular weight excluding hydrogens is 514 g/mol. The van der Waals surface area contributed by atoms with Crippen LogP contribution in [0.5, 0.6) is 5.75 Å². The molecular formula is C32H35N7O2. The van der Waals surface area contributed by atoms with Gasteiger partial charge in [0, 0.05) is 37.6 Å². The highest BCUT2D eigenvalue weighted by atomic mass is 16.5. The third-order valence-electron chi connectivity index (χ3n) is 6.89. The summed E-state index contributed by atoms with van der Waals surface area (Å²) < 4.78 is 6.15. The van der Waals surface area contributed by atoms with Crippen LogP contribution in [0.2, 0.25) is 0 Å². The van der Waals surface area contributed by atoms with Crippen molar-refractivity contribution in [2.75, 3.05) is 54.1 Å². The molecule has 1 fully saturated rings. The van der Waals surface area contributed by atoms with Crippen LogP contribution in [0.3, 0.4) is 0 Å². The van der Waals surface area contributed by atoms with E-state index in [4.69, 9.17) is 9.72 Å². The molecule has 1 aromatic heterocycles. The molecule has 210 valence electrons. The van der Waals surface area contributed by atoms with E-state index in [1.165, 1.54) is 17.3 Å². The van der Waals surface area contributed by atoms with Gasteiger partial charge < -0.3 is 30.5 Å². The van der Waals surface area contributed by atoms with Gasteiger partial charge in [0.15, 0.2) is 11.6 Å². The Morgan fingerprint density at radius 2 is 1.66 bits per heavy atom. The largest absolute Gasteiger partial charge is 0.483 e. The summed E-state index contributed by atoms with van der Waals surface area (Å²) in [6.07, 6.45) is 2.88. The summed E-state index contributed by atoms with van der Waals surface area (Å²) in [7, 11) is 2.15. The topological polar surface area (TPSA) is 94.6 Å². The van der Waals surface area contributed by atoms with Crippen molar-refractivity contribution in [3.8, 4) is 5.75 Å². The van der Waals surface area contributed by atoms with Gasteiger partial charge >= 0.3 is 0 Å². The third kappa shape index (κ3) is 7.40. The minimum absolute atomic E-state index is 0.305. The Morgan fingerprint density at radius 3 is 2.37 bits per heavy atom. The summed E-state index contributed by atoms with van der Waals surface area (Å²) in [5.74, 6) is 1.05. The standard InChI is InChI=1S/C32H35N7O2/c1-4-30(40)35-27-7-5-6-8-28(27)36-31-29(41-22-24-11-9-23(2)10-12-24)21-33-32(37-31)34-25-13-15-26(16-14-25)39-19-17-38(3)18-20-39/h4-16,21H,1,17-20,22H2,2-3H3,(H,35,40)(H2,33,34,36,37). The van der Waals surface area contributed by atoms with E-state index >= 15 is 0 Å². The average molecular weight is 550 g/mol. The van der Waals surface area contributed by atoms with Gasteiger partial charge in [0.1, 0.15) is 6.61 Å². The van der Waals surface area contributed by atoms with Crippen molar-refractivity contribution >= 4 is 40.4 Å². The molecule has 4 aromatic rings. The fourth-order valence-electron chi connectivity index (χ4n) is 4.43. The number of ether oxygens (including phenoxy) is 1. The maximum atomic E-state index is 12.0. The van der Waals surface area contributed by atoms with Crippen molar-refractivity contribution in [3.05, 3.63) is 103 Å². The second-order valence-corrected chi connectivity index (χ2v) is 10.0. The van der Waals surface area contributed by atoms with E-state index < -0.39 is 0 Å². The summed E-state index contributed by atoms with van der Waals surface area (Å²) in [6, 6.07) is 23.8. The molecule has 1 amide bonds. The highest BCUT2D eigenvalue weighted by Crippen LogP contribution is 2.31. The molecule has 9 nitrogen and oxygen atoms in total. The zero-order chi connectivity index (χ0) is 28.6. The monoisotopic (exact) mass is 549 g/mol. The Balaban J connectivity index is 1.37. The first-order chi connectivity index (χ1) is 20.0. The highest BCUT2D eigenvalue weighted by molar-refractivity contribution is 6.01. The van der Waals surface area contributed by atoms with E-state index in [-0.39, 0.29) is 5.91 Å². The molecule has 0 atom stereocenters. The number of carbonyl (C=O) groups is 1. The summed E-state index contributed by atoms with van der Waals surface area (Å²) in [5, 5.41) is 9.45. The van der Waals surface area contributed by atoms with E-state index in [1.54, 1.807) is 12.3 Å². The number of carbonyl (C=O) groups excluding carboxylic acids is 1. The van der Waals surface area contributed by atoms with E-state index in [2.05, 4.69) is 75.5 Å². The van der Waals surface area contributed by atoms with Crippen LogP contribution >= 0.6 is 0 Å². The SMILES string of the molecule is C=CC(=O)Nc1ccccc1Nc1nc(Nc2ccc(N3CCN(C)CC3)cc2)ncc1OCc1ccc(C)cc1. The molecule has 0 saturated carbocycles. The molecule has 41 heavy (non-hydrogen) atoms. The van der Waals surface area contributed by atoms with Gasteiger partial charge in [-0.15, -0.1) is 0 Å². The summed E-state index contributed by atoms with van der Waals surface area (Å²) >= 11 is 0. The number of piperazine rings is 1. The first-order valence-corrected chi connectivity index (χ1v) is 13.6. The van der Waals surface area contributed by atoms with Gasteiger partial charge in [-0.1, -0.05) is 48.5 Å². The number of hydrogen-bond acceptors (Lipinski definition) is 8. The molecule has 1 aliphatic heterocycles. The van der Waals surface area contributed by atoms with Crippen LogP contribution in [0, 0.1) is 6.92 Å². The van der Waals surface area contributed by atoms with Gasteiger partial charge in [0.25, 0.3) is 0 Å². The van der Waals surface area contributed by atoms with E-state index in [0.29, 0.717) is 35.5 Å². The number of hydrogen-bond donors (Lipinski definition) is 3. The molecule has 0 unspecified atom stereocenters. The number of nitrogens with one attached hydrogen (secondary N) is 3. The average Bonchev–Trinajstić information content (AvgIpc) is 2.99. The Morgan fingerprint density at radius 1 is 0.951 bits per heavy atom. The number of benzene rings is 3. The fraction of sp³-hybridized carbons (Fsp3) is 0.219. The molecule has 0 radical (unpaired) electrons. The summed E-state index contributed by atoms with van der Waals surface area (Å²) in [6.45, 7) is 10.1. The summed E-state index contributed by atoms with van der Waals surface area (Å²) in [4.78, 5) is 26.0. The molecule has 5 rings (SSSR count). The van der Waals surface area contributed by atoms with Crippen LogP contribution in [0.25, 0.3) is 0 Å². The fourth-order valence-corrected chi connectivity index (χ4v) is 4.43. The lowest BCUT2D eigenvalue weighted by Gasteiger charge is -2.34.